The Bertz CT molecular complexity index is 462. The van der Waals surface area contributed by atoms with E-state index in [4.69, 9.17) is 16.3 Å². The number of aryl methyl sites for hydroxylation is 1. The Morgan fingerprint density at radius 2 is 2.22 bits per heavy atom. The molecular weight excluding hydrogens is 263 g/mol. The minimum absolute atomic E-state index is 0.0984. The summed E-state index contributed by atoms with van der Waals surface area (Å²) in [5, 5.41) is 9.83. The van der Waals surface area contributed by atoms with Crippen LogP contribution in [0.4, 0.5) is 4.39 Å². The van der Waals surface area contributed by atoms with E-state index < -0.39 is 17.9 Å². The van der Waals surface area contributed by atoms with Gasteiger partial charge in [0.15, 0.2) is 17.7 Å². The number of carbonyl (C=O) groups excluding carboxylic acids is 1. The van der Waals surface area contributed by atoms with Crippen molar-refractivity contribution >= 4 is 17.6 Å². The highest BCUT2D eigenvalue weighted by atomic mass is 35.5. The molecule has 1 aromatic rings. The highest BCUT2D eigenvalue weighted by Crippen LogP contribution is 2.35. The maximum Gasteiger partial charge on any atom is 0.339 e. The number of rotatable bonds is 4. The minimum atomic E-state index is -1.70. The van der Waals surface area contributed by atoms with E-state index in [1.54, 1.807) is 13.8 Å². The first kappa shape index (κ1) is 14.7. The molecule has 1 atom stereocenters. The van der Waals surface area contributed by atoms with E-state index in [0.29, 0.717) is 5.56 Å². The molecule has 0 aliphatic rings. The van der Waals surface area contributed by atoms with E-state index in [1.807, 2.05) is 0 Å². The van der Waals surface area contributed by atoms with Crippen molar-refractivity contribution < 1.29 is 23.8 Å². The average Bonchev–Trinajstić information content (AvgIpc) is 2.34. The van der Waals surface area contributed by atoms with Gasteiger partial charge in [-0.15, -0.1) is 0 Å². The number of esters is 1. The van der Waals surface area contributed by atoms with Crippen LogP contribution in [0.25, 0.3) is 0 Å². The van der Waals surface area contributed by atoms with Crippen molar-refractivity contribution in [2.45, 2.75) is 20.0 Å². The lowest BCUT2D eigenvalue weighted by Crippen LogP contribution is -2.17. The number of hydrogen-bond acceptors (Lipinski definition) is 4. The van der Waals surface area contributed by atoms with Crippen molar-refractivity contribution in [2.75, 3.05) is 13.7 Å². The summed E-state index contributed by atoms with van der Waals surface area (Å²) in [5.41, 5.74) is 0.278. The standard InChI is InChI=1S/C12H14ClFO4/c1-4-18-12(16)10(15)7-5-6(2)8(13)11(17-3)9(7)14/h5,10,15H,4H2,1-3H3. The summed E-state index contributed by atoms with van der Waals surface area (Å²) in [7, 11) is 1.25. The number of benzene rings is 1. The molecule has 0 radical (unpaired) electrons. The van der Waals surface area contributed by atoms with E-state index >= 15 is 0 Å². The molecule has 4 nitrogen and oxygen atoms in total. The fourth-order valence-electron chi connectivity index (χ4n) is 1.49. The van der Waals surface area contributed by atoms with E-state index in [9.17, 15) is 14.3 Å². The average molecular weight is 277 g/mol. The molecule has 0 amide bonds. The maximum atomic E-state index is 14.0. The smallest absolute Gasteiger partial charge is 0.339 e. The summed E-state index contributed by atoms with van der Waals surface area (Å²) in [5.74, 6) is -1.98. The van der Waals surface area contributed by atoms with Gasteiger partial charge in [-0.2, -0.15) is 0 Å². The minimum Gasteiger partial charge on any atom is -0.492 e. The molecule has 0 bridgehead atoms. The highest BCUT2D eigenvalue weighted by Gasteiger charge is 2.26. The Hall–Kier alpha value is -1.33. The topological polar surface area (TPSA) is 55.8 Å². The van der Waals surface area contributed by atoms with E-state index in [1.165, 1.54) is 13.2 Å². The maximum absolute atomic E-state index is 14.0. The van der Waals surface area contributed by atoms with Crippen molar-refractivity contribution in [3.63, 3.8) is 0 Å². The number of hydrogen-bond donors (Lipinski definition) is 1. The molecule has 0 heterocycles. The number of aliphatic hydroxyl groups excluding tert-OH is 1. The van der Waals surface area contributed by atoms with Crippen LogP contribution in [-0.4, -0.2) is 24.8 Å². The first-order valence-corrected chi connectivity index (χ1v) is 5.69. The summed E-state index contributed by atoms with van der Waals surface area (Å²) in [6.07, 6.45) is -1.70. The summed E-state index contributed by atoms with van der Waals surface area (Å²) in [6.45, 7) is 3.31. The van der Waals surface area contributed by atoms with Crippen molar-refractivity contribution in [1.82, 2.24) is 0 Å². The van der Waals surface area contributed by atoms with Gasteiger partial charge in [-0.3, -0.25) is 0 Å². The van der Waals surface area contributed by atoms with Crippen molar-refractivity contribution in [1.29, 1.82) is 0 Å². The first-order chi connectivity index (χ1) is 8.43. The quantitative estimate of drug-likeness (QED) is 0.858. The summed E-state index contributed by atoms with van der Waals surface area (Å²) < 4.78 is 23.4. The van der Waals surface area contributed by atoms with Crippen LogP contribution in [0.3, 0.4) is 0 Å². The monoisotopic (exact) mass is 276 g/mol. The molecule has 0 saturated carbocycles. The molecule has 0 aromatic heterocycles. The van der Waals surface area contributed by atoms with Gasteiger partial charge < -0.3 is 14.6 Å². The van der Waals surface area contributed by atoms with Gasteiger partial charge in [0.2, 0.25) is 0 Å². The van der Waals surface area contributed by atoms with Crippen LogP contribution in [0.15, 0.2) is 6.07 Å². The molecule has 0 saturated heterocycles. The Morgan fingerprint density at radius 3 is 2.72 bits per heavy atom. The first-order valence-electron chi connectivity index (χ1n) is 5.31. The van der Waals surface area contributed by atoms with Crippen LogP contribution >= 0.6 is 11.6 Å². The van der Waals surface area contributed by atoms with Crippen LogP contribution in [0.5, 0.6) is 5.75 Å². The Morgan fingerprint density at radius 1 is 1.61 bits per heavy atom. The SMILES string of the molecule is CCOC(=O)C(O)c1cc(C)c(Cl)c(OC)c1F. The molecule has 100 valence electrons. The number of halogens is 2. The molecular formula is C12H14ClFO4. The highest BCUT2D eigenvalue weighted by molar-refractivity contribution is 6.32. The summed E-state index contributed by atoms with van der Waals surface area (Å²) >= 11 is 5.85. The normalized spacial score (nSPS) is 12.1. The van der Waals surface area contributed by atoms with Gasteiger partial charge in [0.25, 0.3) is 0 Å². The molecule has 1 aromatic carbocycles. The molecule has 0 fully saturated rings. The molecule has 1 unspecified atom stereocenters. The van der Waals surface area contributed by atoms with Gasteiger partial charge >= 0.3 is 5.97 Å². The van der Waals surface area contributed by atoms with Crippen LogP contribution < -0.4 is 4.74 Å². The second-order valence-electron chi connectivity index (χ2n) is 3.60. The van der Waals surface area contributed by atoms with E-state index in [-0.39, 0.29) is 22.9 Å². The molecule has 1 rings (SSSR count). The second kappa shape index (κ2) is 6.02. The summed E-state index contributed by atoms with van der Waals surface area (Å²) in [4.78, 5) is 11.4. The van der Waals surface area contributed by atoms with E-state index in [0.717, 1.165) is 0 Å². The zero-order valence-electron chi connectivity index (χ0n) is 10.3. The molecule has 0 spiro atoms. The fourth-order valence-corrected chi connectivity index (χ4v) is 1.71. The van der Waals surface area contributed by atoms with Crippen LogP contribution in [-0.2, 0) is 9.53 Å². The molecule has 18 heavy (non-hydrogen) atoms. The molecule has 6 heteroatoms. The molecule has 0 aliphatic carbocycles. The predicted molar refractivity (Wildman–Crippen MR) is 64.3 cm³/mol. The van der Waals surface area contributed by atoms with Crippen molar-refractivity contribution in [3.8, 4) is 5.75 Å². The number of carbonyl (C=O) groups is 1. The Balaban J connectivity index is 3.25. The largest absolute Gasteiger partial charge is 0.492 e. The lowest BCUT2D eigenvalue weighted by atomic mass is 10.0. The number of ether oxygens (including phenoxy) is 2. The number of aliphatic hydroxyl groups is 1. The van der Waals surface area contributed by atoms with Gasteiger partial charge in [0, 0.05) is 5.56 Å². The van der Waals surface area contributed by atoms with Gasteiger partial charge in [-0.05, 0) is 25.5 Å². The second-order valence-corrected chi connectivity index (χ2v) is 3.98. The predicted octanol–water partition coefficient (Wildman–Crippen LogP) is 2.39. The van der Waals surface area contributed by atoms with Gasteiger partial charge in [0.1, 0.15) is 0 Å². The van der Waals surface area contributed by atoms with Crippen molar-refractivity contribution in [3.05, 3.63) is 28.0 Å². The van der Waals surface area contributed by atoms with Crippen molar-refractivity contribution in [2.24, 2.45) is 0 Å². The third-order valence-corrected chi connectivity index (χ3v) is 2.85. The van der Waals surface area contributed by atoms with Gasteiger partial charge in [-0.25, -0.2) is 9.18 Å². The Labute approximate surface area is 109 Å². The van der Waals surface area contributed by atoms with Crippen LogP contribution in [0, 0.1) is 12.7 Å². The van der Waals surface area contributed by atoms with Crippen LogP contribution in [0.2, 0.25) is 5.02 Å². The lowest BCUT2D eigenvalue weighted by Gasteiger charge is -2.15. The molecule has 1 N–H and O–H groups in total. The third-order valence-electron chi connectivity index (χ3n) is 2.38. The lowest BCUT2D eigenvalue weighted by molar-refractivity contribution is -0.153. The number of methoxy groups -OCH3 is 1. The Kier molecular flexibility index (Phi) is 4.93. The van der Waals surface area contributed by atoms with Gasteiger partial charge in [-0.1, -0.05) is 11.6 Å². The third kappa shape index (κ3) is 2.73. The van der Waals surface area contributed by atoms with Gasteiger partial charge in [0.05, 0.1) is 18.7 Å². The zero-order chi connectivity index (χ0) is 13.9. The molecule has 0 aliphatic heterocycles. The zero-order valence-corrected chi connectivity index (χ0v) is 11.0. The fraction of sp³-hybridized carbons (Fsp3) is 0.417. The van der Waals surface area contributed by atoms with Crippen LogP contribution in [0.1, 0.15) is 24.2 Å². The summed E-state index contributed by atoms with van der Waals surface area (Å²) in [6, 6.07) is 1.29. The van der Waals surface area contributed by atoms with E-state index in [2.05, 4.69) is 4.74 Å².